The first-order chi connectivity index (χ1) is 19.0. The van der Waals surface area contributed by atoms with Gasteiger partial charge < -0.3 is 14.6 Å². The van der Waals surface area contributed by atoms with Crippen LogP contribution in [0, 0.1) is 0 Å². The maximum absolute atomic E-state index is 13.9. The van der Waals surface area contributed by atoms with Crippen molar-refractivity contribution in [3.63, 3.8) is 0 Å². The summed E-state index contributed by atoms with van der Waals surface area (Å²) in [4.78, 5) is 17.7. The van der Waals surface area contributed by atoms with Crippen molar-refractivity contribution in [2.24, 2.45) is 0 Å². The number of halogens is 4. The number of hydrogen-bond donors (Lipinski definition) is 1. The summed E-state index contributed by atoms with van der Waals surface area (Å²) in [7, 11) is 0. The van der Waals surface area contributed by atoms with Crippen LogP contribution in [0.15, 0.2) is 90.8 Å². The fourth-order valence-electron chi connectivity index (χ4n) is 5.01. The average Bonchev–Trinajstić information content (AvgIpc) is 3.31. The van der Waals surface area contributed by atoms with Crippen molar-refractivity contribution < 1.29 is 22.7 Å². The third kappa shape index (κ3) is 5.72. The lowest BCUT2D eigenvalue weighted by atomic mass is 9.83. The molecule has 2 aromatic carbocycles. The van der Waals surface area contributed by atoms with Gasteiger partial charge in [-0.25, -0.2) is 4.98 Å². The van der Waals surface area contributed by atoms with Crippen molar-refractivity contribution in [3.8, 4) is 5.88 Å². The van der Waals surface area contributed by atoms with Crippen LogP contribution in [-0.2, 0) is 17.4 Å². The SMILES string of the molecule is CC(NC(=O)C(C)(Oc1ccc(C(F)(F)F)cn1)C1=CCC1)C(Cc1ccc(Cl)cc1)n1ccc2ccccc21. The third-order valence-corrected chi connectivity index (χ3v) is 7.76. The van der Waals surface area contributed by atoms with Crippen LogP contribution in [-0.4, -0.2) is 27.1 Å². The van der Waals surface area contributed by atoms with E-state index in [4.69, 9.17) is 16.3 Å². The molecule has 0 bridgehead atoms. The van der Waals surface area contributed by atoms with Gasteiger partial charge in [-0.3, -0.25) is 4.79 Å². The Kier molecular flexibility index (Phi) is 7.64. The Morgan fingerprint density at radius 1 is 1.10 bits per heavy atom. The topological polar surface area (TPSA) is 56.1 Å². The molecule has 1 aliphatic rings. The minimum Gasteiger partial charge on any atom is -0.457 e. The van der Waals surface area contributed by atoms with Crippen LogP contribution in [0.25, 0.3) is 10.9 Å². The molecule has 4 aromatic rings. The highest BCUT2D eigenvalue weighted by molar-refractivity contribution is 6.30. The van der Waals surface area contributed by atoms with Gasteiger partial charge in [0, 0.05) is 35.0 Å². The van der Waals surface area contributed by atoms with Crippen molar-refractivity contribution in [3.05, 3.63) is 107 Å². The van der Waals surface area contributed by atoms with Crippen molar-refractivity contribution >= 4 is 28.4 Å². The van der Waals surface area contributed by atoms with Gasteiger partial charge in [0.2, 0.25) is 11.5 Å². The van der Waals surface area contributed by atoms with Crippen LogP contribution < -0.4 is 10.1 Å². The van der Waals surface area contributed by atoms with Crippen molar-refractivity contribution in [1.82, 2.24) is 14.9 Å². The van der Waals surface area contributed by atoms with E-state index in [1.54, 1.807) is 6.92 Å². The monoisotopic (exact) mass is 567 g/mol. The normalized spacial score (nSPS) is 16.4. The maximum Gasteiger partial charge on any atom is 0.417 e. The van der Waals surface area contributed by atoms with E-state index in [1.165, 1.54) is 0 Å². The number of aromatic nitrogens is 2. The maximum atomic E-state index is 13.9. The summed E-state index contributed by atoms with van der Waals surface area (Å²) in [5.41, 5.74) is 0.550. The van der Waals surface area contributed by atoms with E-state index < -0.39 is 17.3 Å². The second-order valence-corrected chi connectivity index (χ2v) is 10.7. The number of pyridine rings is 1. The molecule has 5 rings (SSSR count). The van der Waals surface area contributed by atoms with Crippen molar-refractivity contribution in [2.45, 2.75) is 57.0 Å². The lowest BCUT2D eigenvalue weighted by molar-refractivity contribution is -0.138. The van der Waals surface area contributed by atoms with Gasteiger partial charge in [-0.1, -0.05) is 48.0 Å². The summed E-state index contributed by atoms with van der Waals surface area (Å²) < 4.78 is 47.3. The molecule has 2 heterocycles. The molecule has 5 nitrogen and oxygen atoms in total. The number of fused-ring (bicyclic) bond motifs is 1. The quantitative estimate of drug-likeness (QED) is 0.212. The number of benzene rings is 2. The molecule has 0 fully saturated rings. The Hall–Kier alpha value is -3.78. The Labute approximate surface area is 235 Å². The van der Waals surface area contributed by atoms with Gasteiger partial charge in [0.05, 0.1) is 11.6 Å². The average molecular weight is 568 g/mol. The van der Waals surface area contributed by atoms with Crippen LogP contribution in [0.3, 0.4) is 0 Å². The lowest BCUT2D eigenvalue weighted by Gasteiger charge is -2.37. The second kappa shape index (κ2) is 11.0. The Balaban J connectivity index is 1.42. The second-order valence-electron chi connectivity index (χ2n) is 10.2. The molecule has 9 heteroatoms. The van der Waals surface area contributed by atoms with Gasteiger partial charge >= 0.3 is 6.18 Å². The van der Waals surface area contributed by atoms with E-state index in [-0.39, 0.29) is 23.9 Å². The molecule has 0 aliphatic heterocycles. The summed E-state index contributed by atoms with van der Waals surface area (Å²) in [6, 6.07) is 19.3. The summed E-state index contributed by atoms with van der Waals surface area (Å²) in [5.74, 6) is -0.439. The van der Waals surface area contributed by atoms with Crippen molar-refractivity contribution in [1.29, 1.82) is 0 Å². The van der Waals surface area contributed by atoms with E-state index in [1.807, 2.05) is 73.8 Å². The first kappa shape index (κ1) is 27.8. The Bertz CT molecular complexity index is 1530. The minimum atomic E-state index is -4.51. The molecule has 0 radical (unpaired) electrons. The molecule has 1 aliphatic carbocycles. The van der Waals surface area contributed by atoms with Crippen LogP contribution >= 0.6 is 11.6 Å². The standard InChI is InChI=1S/C31H29ClF3N3O2/c1-20(27(18-21-10-13-25(32)14-11-21)38-17-16-22-6-3-4-9-26(22)38)37-29(39)30(2,23-7-5-8-23)40-28-15-12-24(19-36-28)31(33,34)35/h3-4,6-7,9-17,19-20,27H,5,8,18H2,1-2H3,(H,37,39). The lowest BCUT2D eigenvalue weighted by Crippen LogP contribution is -2.55. The van der Waals surface area contributed by atoms with Crippen LogP contribution in [0.2, 0.25) is 5.02 Å². The zero-order chi connectivity index (χ0) is 28.5. The number of hydrogen-bond acceptors (Lipinski definition) is 3. The summed E-state index contributed by atoms with van der Waals surface area (Å²) in [6.07, 6.45) is 2.20. The summed E-state index contributed by atoms with van der Waals surface area (Å²) in [5, 5.41) is 4.88. The Morgan fingerprint density at radius 2 is 1.82 bits per heavy atom. The zero-order valence-corrected chi connectivity index (χ0v) is 22.8. The molecule has 1 N–H and O–H groups in total. The van der Waals surface area contributed by atoms with Crippen LogP contribution in [0.4, 0.5) is 13.2 Å². The molecule has 3 unspecified atom stereocenters. The predicted molar refractivity (Wildman–Crippen MR) is 149 cm³/mol. The highest BCUT2D eigenvalue weighted by atomic mass is 35.5. The number of alkyl halides is 3. The predicted octanol–water partition coefficient (Wildman–Crippen LogP) is 7.55. The minimum absolute atomic E-state index is 0.0554. The molecule has 3 atom stereocenters. The van der Waals surface area contributed by atoms with Crippen LogP contribution in [0.1, 0.15) is 43.9 Å². The first-order valence-electron chi connectivity index (χ1n) is 13.1. The molecular formula is C31H29ClF3N3O2. The fourth-order valence-corrected chi connectivity index (χ4v) is 5.14. The fraction of sp³-hybridized carbons (Fsp3) is 0.290. The van der Waals surface area contributed by atoms with E-state index in [2.05, 4.69) is 14.9 Å². The van der Waals surface area contributed by atoms with Gasteiger partial charge in [-0.2, -0.15) is 13.2 Å². The third-order valence-electron chi connectivity index (χ3n) is 7.50. The van der Waals surface area contributed by atoms with Crippen molar-refractivity contribution in [2.75, 3.05) is 0 Å². The molecular weight excluding hydrogens is 539 g/mol. The van der Waals surface area contributed by atoms with Gasteiger partial charge in [0.15, 0.2) is 0 Å². The number of carbonyl (C=O) groups excluding carboxylic acids is 1. The van der Waals surface area contributed by atoms with E-state index in [0.29, 0.717) is 24.1 Å². The molecule has 0 spiro atoms. The Morgan fingerprint density at radius 3 is 2.45 bits per heavy atom. The molecule has 0 saturated heterocycles. The number of ether oxygens (including phenoxy) is 1. The summed E-state index contributed by atoms with van der Waals surface area (Å²) in [6.45, 7) is 3.58. The van der Waals surface area contributed by atoms with Gasteiger partial charge in [0.1, 0.15) is 0 Å². The number of nitrogens with zero attached hydrogens (tertiary/aromatic N) is 2. The zero-order valence-electron chi connectivity index (χ0n) is 22.1. The van der Waals surface area contributed by atoms with Crippen LogP contribution in [0.5, 0.6) is 5.88 Å². The smallest absolute Gasteiger partial charge is 0.417 e. The molecule has 0 saturated carbocycles. The van der Waals surface area contributed by atoms with Gasteiger partial charge in [0.25, 0.3) is 5.91 Å². The highest BCUT2D eigenvalue weighted by Gasteiger charge is 2.43. The molecule has 1 amide bonds. The van der Waals surface area contributed by atoms with E-state index in [9.17, 15) is 18.0 Å². The number of allylic oxidation sites excluding steroid dienone is 1. The number of amides is 1. The largest absolute Gasteiger partial charge is 0.457 e. The number of carbonyl (C=O) groups is 1. The van der Waals surface area contributed by atoms with Gasteiger partial charge in [-0.15, -0.1) is 0 Å². The first-order valence-corrected chi connectivity index (χ1v) is 13.4. The van der Waals surface area contributed by atoms with E-state index in [0.717, 1.165) is 40.6 Å². The molecule has 40 heavy (non-hydrogen) atoms. The number of nitrogens with one attached hydrogen (secondary N) is 1. The van der Waals surface area contributed by atoms with E-state index >= 15 is 0 Å². The number of para-hydroxylation sites is 1. The van der Waals surface area contributed by atoms with Gasteiger partial charge in [-0.05, 0) is 80.0 Å². The molecule has 208 valence electrons. The molecule has 2 aromatic heterocycles. The highest BCUT2D eigenvalue weighted by Crippen LogP contribution is 2.35. The summed E-state index contributed by atoms with van der Waals surface area (Å²) >= 11 is 6.11. The number of rotatable bonds is 9.